The maximum absolute atomic E-state index is 11.2. The lowest BCUT2D eigenvalue weighted by Gasteiger charge is -2.22. The summed E-state index contributed by atoms with van der Waals surface area (Å²) >= 11 is 5.87. The van der Waals surface area contributed by atoms with Crippen LogP contribution in [0.2, 0.25) is 5.02 Å². The van der Waals surface area contributed by atoms with E-state index < -0.39 is 0 Å². The van der Waals surface area contributed by atoms with Crippen LogP contribution in [0.15, 0.2) is 18.2 Å². The van der Waals surface area contributed by atoms with Gasteiger partial charge in [0.2, 0.25) is 5.91 Å². The predicted molar refractivity (Wildman–Crippen MR) is 53.1 cm³/mol. The van der Waals surface area contributed by atoms with Crippen LogP contribution in [0.4, 0.5) is 5.69 Å². The van der Waals surface area contributed by atoms with Gasteiger partial charge in [-0.25, -0.2) is 0 Å². The molecular formula is C10H10ClNO. The van der Waals surface area contributed by atoms with Crippen LogP contribution in [0.5, 0.6) is 0 Å². The number of amides is 1. The van der Waals surface area contributed by atoms with Crippen LogP contribution >= 0.6 is 11.6 Å². The summed E-state index contributed by atoms with van der Waals surface area (Å²) in [5.74, 6) is 0.352. The fourth-order valence-electron chi connectivity index (χ4n) is 1.64. The number of anilines is 1. The molecule has 68 valence electrons. The molecule has 0 aromatic heterocycles. The molecule has 1 aromatic rings. The van der Waals surface area contributed by atoms with Crippen molar-refractivity contribution in [1.29, 1.82) is 0 Å². The van der Waals surface area contributed by atoms with E-state index in [1.54, 1.807) is 6.07 Å². The maximum atomic E-state index is 11.2. The Kier molecular flexibility index (Phi) is 2.00. The fourth-order valence-corrected chi connectivity index (χ4v) is 1.82. The van der Waals surface area contributed by atoms with Gasteiger partial charge in [0, 0.05) is 17.1 Å². The lowest BCUT2D eigenvalue weighted by molar-refractivity contribution is -0.116. The number of hydrogen-bond acceptors (Lipinski definition) is 1. The standard InChI is InChI=1S/C10H10ClNO/c1-6-4-10(13)12-9-3-2-7(11)5-8(6)9/h2-3,5-6H,4H2,1H3,(H,12,13). The minimum atomic E-state index is 0.0855. The normalized spacial score (nSPS) is 20.8. The zero-order valence-electron chi connectivity index (χ0n) is 7.30. The molecule has 1 amide bonds. The first-order valence-electron chi connectivity index (χ1n) is 4.26. The van der Waals surface area contributed by atoms with Crippen LogP contribution < -0.4 is 5.32 Å². The third-order valence-corrected chi connectivity index (χ3v) is 2.55. The van der Waals surface area contributed by atoms with Gasteiger partial charge in [0.05, 0.1) is 0 Å². The molecule has 1 atom stereocenters. The molecule has 0 fully saturated rings. The molecule has 1 N–H and O–H groups in total. The van der Waals surface area contributed by atoms with Gasteiger partial charge < -0.3 is 5.32 Å². The highest BCUT2D eigenvalue weighted by Gasteiger charge is 2.21. The van der Waals surface area contributed by atoms with Crippen molar-refractivity contribution in [3.8, 4) is 0 Å². The summed E-state index contributed by atoms with van der Waals surface area (Å²) in [5.41, 5.74) is 2.03. The minimum Gasteiger partial charge on any atom is -0.326 e. The first-order valence-corrected chi connectivity index (χ1v) is 4.64. The van der Waals surface area contributed by atoms with Crippen LogP contribution in [0.3, 0.4) is 0 Å². The van der Waals surface area contributed by atoms with Crippen LogP contribution in [0.1, 0.15) is 24.8 Å². The van der Waals surface area contributed by atoms with E-state index in [0.29, 0.717) is 6.42 Å². The van der Waals surface area contributed by atoms with Crippen LogP contribution in [-0.4, -0.2) is 5.91 Å². The molecule has 13 heavy (non-hydrogen) atoms. The summed E-state index contributed by atoms with van der Waals surface area (Å²) in [5, 5.41) is 3.54. The highest BCUT2D eigenvalue weighted by Crippen LogP contribution is 2.33. The lowest BCUT2D eigenvalue weighted by Crippen LogP contribution is -2.21. The highest BCUT2D eigenvalue weighted by atomic mass is 35.5. The van der Waals surface area contributed by atoms with E-state index in [1.165, 1.54) is 0 Å². The number of rotatable bonds is 0. The van der Waals surface area contributed by atoms with Gasteiger partial charge in [-0.3, -0.25) is 4.79 Å². The Labute approximate surface area is 81.9 Å². The average Bonchev–Trinajstić information content (AvgIpc) is 2.06. The van der Waals surface area contributed by atoms with Gasteiger partial charge in [0.15, 0.2) is 0 Å². The number of carbonyl (C=O) groups is 1. The molecule has 2 nitrogen and oxygen atoms in total. The molecule has 0 saturated carbocycles. The number of carbonyl (C=O) groups excluding carboxylic acids is 1. The Balaban J connectivity index is 2.49. The highest BCUT2D eigenvalue weighted by molar-refractivity contribution is 6.30. The molecule has 1 aromatic carbocycles. The molecule has 1 heterocycles. The number of nitrogens with one attached hydrogen (secondary N) is 1. The van der Waals surface area contributed by atoms with Crippen molar-refractivity contribution < 1.29 is 4.79 Å². The second-order valence-electron chi connectivity index (χ2n) is 3.38. The van der Waals surface area contributed by atoms with Crippen molar-refractivity contribution in [2.75, 3.05) is 5.32 Å². The van der Waals surface area contributed by atoms with Crippen LogP contribution in [-0.2, 0) is 4.79 Å². The molecule has 3 heteroatoms. The van der Waals surface area contributed by atoms with Gasteiger partial charge in [-0.2, -0.15) is 0 Å². The Hall–Kier alpha value is -1.02. The molecule has 0 bridgehead atoms. The smallest absolute Gasteiger partial charge is 0.224 e. The van der Waals surface area contributed by atoms with E-state index in [1.807, 2.05) is 19.1 Å². The second-order valence-corrected chi connectivity index (χ2v) is 3.82. The molecule has 1 aliphatic heterocycles. The quantitative estimate of drug-likeness (QED) is 0.678. The minimum absolute atomic E-state index is 0.0855. The molecule has 0 aliphatic carbocycles. The van der Waals surface area contributed by atoms with Gasteiger partial charge >= 0.3 is 0 Å². The summed E-state index contributed by atoms with van der Waals surface area (Å²) in [6.07, 6.45) is 0.549. The summed E-state index contributed by atoms with van der Waals surface area (Å²) in [7, 11) is 0. The van der Waals surface area contributed by atoms with E-state index in [9.17, 15) is 4.79 Å². The molecule has 0 saturated heterocycles. The topological polar surface area (TPSA) is 29.1 Å². The lowest BCUT2D eigenvalue weighted by atomic mass is 9.92. The molecule has 1 aliphatic rings. The zero-order valence-corrected chi connectivity index (χ0v) is 8.06. The molecule has 2 rings (SSSR count). The predicted octanol–water partition coefficient (Wildman–Crippen LogP) is 2.79. The maximum Gasteiger partial charge on any atom is 0.224 e. The van der Waals surface area contributed by atoms with Crippen LogP contribution in [0, 0.1) is 0 Å². The first kappa shape index (κ1) is 8.57. The largest absolute Gasteiger partial charge is 0.326 e. The summed E-state index contributed by atoms with van der Waals surface area (Å²) in [6.45, 7) is 2.04. The van der Waals surface area contributed by atoms with E-state index in [0.717, 1.165) is 16.3 Å². The van der Waals surface area contributed by atoms with E-state index in [4.69, 9.17) is 11.6 Å². The fraction of sp³-hybridized carbons (Fsp3) is 0.300. The Morgan fingerprint density at radius 2 is 2.31 bits per heavy atom. The molecule has 1 unspecified atom stereocenters. The van der Waals surface area contributed by atoms with Gasteiger partial charge in [-0.15, -0.1) is 0 Å². The third kappa shape index (κ3) is 1.54. The van der Waals surface area contributed by atoms with E-state index in [2.05, 4.69) is 5.32 Å². The SMILES string of the molecule is CC1CC(=O)Nc2ccc(Cl)cc21. The molecule has 0 spiro atoms. The number of hydrogen-bond donors (Lipinski definition) is 1. The van der Waals surface area contributed by atoms with Crippen molar-refractivity contribution in [3.05, 3.63) is 28.8 Å². The molecular weight excluding hydrogens is 186 g/mol. The van der Waals surface area contributed by atoms with Crippen molar-refractivity contribution in [1.82, 2.24) is 0 Å². The number of halogens is 1. The monoisotopic (exact) mass is 195 g/mol. The summed E-state index contributed by atoms with van der Waals surface area (Å²) in [6, 6.07) is 5.56. The first-order chi connectivity index (χ1) is 6.16. The Morgan fingerprint density at radius 3 is 3.08 bits per heavy atom. The number of fused-ring (bicyclic) bond motifs is 1. The van der Waals surface area contributed by atoms with Gasteiger partial charge in [0.25, 0.3) is 0 Å². The molecule has 0 radical (unpaired) electrons. The van der Waals surface area contributed by atoms with Crippen molar-refractivity contribution in [2.45, 2.75) is 19.3 Å². The van der Waals surface area contributed by atoms with E-state index in [-0.39, 0.29) is 11.8 Å². The van der Waals surface area contributed by atoms with Crippen molar-refractivity contribution in [3.63, 3.8) is 0 Å². The Bertz CT molecular complexity index is 362. The van der Waals surface area contributed by atoms with Crippen LogP contribution in [0.25, 0.3) is 0 Å². The summed E-state index contributed by atoms with van der Waals surface area (Å²) < 4.78 is 0. The van der Waals surface area contributed by atoms with Crippen molar-refractivity contribution >= 4 is 23.2 Å². The van der Waals surface area contributed by atoms with Gasteiger partial charge in [-0.05, 0) is 29.7 Å². The van der Waals surface area contributed by atoms with Gasteiger partial charge in [0.1, 0.15) is 0 Å². The van der Waals surface area contributed by atoms with E-state index >= 15 is 0 Å². The second kappa shape index (κ2) is 3.04. The Morgan fingerprint density at radius 1 is 1.54 bits per heavy atom. The van der Waals surface area contributed by atoms with Crippen molar-refractivity contribution in [2.24, 2.45) is 0 Å². The van der Waals surface area contributed by atoms with Gasteiger partial charge in [-0.1, -0.05) is 18.5 Å². The number of benzene rings is 1. The third-order valence-electron chi connectivity index (χ3n) is 2.31. The zero-order chi connectivity index (χ0) is 9.42. The average molecular weight is 196 g/mol. The summed E-state index contributed by atoms with van der Waals surface area (Å²) in [4.78, 5) is 11.2.